The quantitative estimate of drug-likeness (QED) is 0.528. The van der Waals surface area contributed by atoms with Crippen LogP contribution in [0.5, 0.6) is 0 Å². The molecule has 0 bridgehead atoms. The predicted molar refractivity (Wildman–Crippen MR) is 60.3 cm³/mol. The fourth-order valence-electron chi connectivity index (χ4n) is 1.32. The minimum absolute atomic E-state index is 0.0257. The number of β-amino-alcohol motifs (C(OH)–C–C–N with tert-alkyl or cyclic N) is 1. The number of aliphatic hydroxyl groups is 1. The first-order valence-corrected chi connectivity index (χ1v) is 5.22. The molecule has 1 unspecified atom stereocenters. The van der Waals surface area contributed by atoms with Crippen LogP contribution in [0.25, 0.3) is 0 Å². The minimum atomic E-state index is 0.0257. The van der Waals surface area contributed by atoms with Gasteiger partial charge in [0.05, 0.1) is 6.61 Å². The van der Waals surface area contributed by atoms with Crippen molar-refractivity contribution in [2.24, 2.45) is 5.73 Å². The zero-order valence-corrected chi connectivity index (χ0v) is 9.88. The lowest BCUT2D eigenvalue weighted by Gasteiger charge is -2.40. The van der Waals surface area contributed by atoms with Gasteiger partial charge in [-0.1, -0.05) is 0 Å². The predicted octanol–water partition coefficient (Wildman–Crippen LogP) is -0.374. The van der Waals surface area contributed by atoms with Crippen LogP contribution in [0.1, 0.15) is 20.8 Å². The number of nitrogens with two attached hydrogens (primary N) is 1. The van der Waals surface area contributed by atoms with E-state index in [1.165, 1.54) is 0 Å². The topological polar surface area (TPSA) is 61.5 Å². The van der Waals surface area contributed by atoms with Gasteiger partial charge in [0.25, 0.3) is 0 Å². The van der Waals surface area contributed by atoms with Gasteiger partial charge >= 0.3 is 0 Å². The number of hydrogen-bond donors (Lipinski definition) is 3. The second-order valence-corrected chi connectivity index (χ2v) is 4.26. The molecule has 0 radical (unpaired) electrons. The molecule has 4 nitrogen and oxygen atoms in total. The summed E-state index contributed by atoms with van der Waals surface area (Å²) in [4.78, 5) is 2.15. The van der Waals surface area contributed by atoms with Crippen molar-refractivity contribution in [1.29, 1.82) is 0 Å². The van der Waals surface area contributed by atoms with E-state index < -0.39 is 0 Å². The number of hydrogen-bond acceptors (Lipinski definition) is 4. The smallest absolute Gasteiger partial charge is 0.0558 e. The molecule has 0 amide bonds. The summed E-state index contributed by atoms with van der Waals surface area (Å²) in [5, 5.41) is 12.2. The Morgan fingerprint density at radius 3 is 2.50 bits per heavy atom. The zero-order valence-electron chi connectivity index (χ0n) is 9.88. The van der Waals surface area contributed by atoms with Crippen molar-refractivity contribution in [3.8, 4) is 0 Å². The maximum atomic E-state index is 8.88. The standard InChI is InChI=1S/C10H25N3O/c1-9(12-6-5-11)10(2,3)13(4)7-8-14/h9,12,14H,5-8,11H2,1-4H3. The number of rotatable bonds is 7. The highest BCUT2D eigenvalue weighted by molar-refractivity contribution is 4.89. The van der Waals surface area contributed by atoms with E-state index in [0.717, 1.165) is 6.54 Å². The van der Waals surface area contributed by atoms with Crippen molar-refractivity contribution in [2.75, 3.05) is 33.3 Å². The van der Waals surface area contributed by atoms with Crippen molar-refractivity contribution in [3.63, 3.8) is 0 Å². The molecule has 0 aromatic carbocycles. The molecular formula is C10H25N3O. The highest BCUT2D eigenvalue weighted by atomic mass is 16.3. The first kappa shape index (κ1) is 13.8. The Morgan fingerprint density at radius 1 is 1.50 bits per heavy atom. The van der Waals surface area contributed by atoms with Gasteiger partial charge in [-0.3, -0.25) is 4.90 Å². The summed E-state index contributed by atoms with van der Waals surface area (Å²) < 4.78 is 0. The van der Waals surface area contributed by atoms with Gasteiger partial charge in [0, 0.05) is 31.2 Å². The summed E-state index contributed by atoms with van der Waals surface area (Å²) in [5.74, 6) is 0. The molecule has 0 aromatic heterocycles. The van der Waals surface area contributed by atoms with Gasteiger partial charge in [0.2, 0.25) is 0 Å². The van der Waals surface area contributed by atoms with E-state index in [-0.39, 0.29) is 12.1 Å². The number of nitrogens with zero attached hydrogens (tertiary/aromatic N) is 1. The lowest BCUT2D eigenvalue weighted by atomic mass is 9.94. The molecule has 1 atom stereocenters. The van der Waals surface area contributed by atoms with E-state index in [1.54, 1.807) is 0 Å². The molecule has 86 valence electrons. The SMILES string of the molecule is CC(NCCN)C(C)(C)N(C)CCO. The number of likely N-dealkylation sites (N-methyl/N-ethyl adjacent to an activating group) is 1. The second kappa shape index (κ2) is 6.35. The monoisotopic (exact) mass is 203 g/mol. The molecule has 0 rings (SSSR count). The summed E-state index contributed by atoms with van der Waals surface area (Å²) in [7, 11) is 2.02. The Balaban J connectivity index is 4.12. The maximum Gasteiger partial charge on any atom is 0.0558 e. The number of nitrogens with one attached hydrogen (secondary N) is 1. The average molecular weight is 203 g/mol. The van der Waals surface area contributed by atoms with Gasteiger partial charge in [-0.25, -0.2) is 0 Å². The van der Waals surface area contributed by atoms with Crippen LogP contribution in [-0.4, -0.2) is 54.9 Å². The van der Waals surface area contributed by atoms with Crippen molar-refractivity contribution < 1.29 is 5.11 Å². The highest BCUT2D eigenvalue weighted by Gasteiger charge is 2.29. The first-order valence-electron chi connectivity index (χ1n) is 5.22. The molecule has 0 heterocycles. The fraction of sp³-hybridized carbons (Fsp3) is 1.00. The third-order valence-electron chi connectivity index (χ3n) is 3.07. The molecule has 0 aliphatic carbocycles. The van der Waals surface area contributed by atoms with Crippen molar-refractivity contribution >= 4 is 0 Å². The summed E-state index contributed by atoms with van der Waals surface area (Å²) >= 11 is 0. The van der Waals surface area contributed by atoms with Crippen molar-refractivity contribution in [1.82, 2.24) is 10.2 Å². The van der Waals surface area contributed by atoms with Gasteiger partial charge in [0.15, 0.2) is 0 Å². The van der Waals surface area contributed by atoms with Gasteiger partial charge < -0.3 is 16.2 Å². The zero-order chi connectivity index (χ0) is 11.2. The van der Waals surface area contributed by atoms with Crippen molar-refractivity contribution in [3.05, 3.63) is 0 Å². The molecule has 0 saturated carbocycles. The molecular weight excluding hydrogens is 178 g/mol. The van der Waals surface area contributed by atoms with Crippen LogP contribution < -0.4 is 11.1 Å². The van der Waals surface area contributed by atoms with Crippen LogP contribution in [0.3, 0.4) is 0 Å². The third kappa shape index (κ3) is 3.92. The largest absolute Gasteiger partial charge is 0.395 e. The second-order valence-electron chi connectivity index (χ2n) is 4.26. The molecule has 0 aliphatic heterocycles. The first-order chi connectivity index (χ1) is 6.46. The molecule has 0 fully saturated rings. The average Bonchev–Trinajstić information content (AvgIpc) is 2.14. The van der Waals surface area contributed by atoms with E-state index in [1.807, 2.05) is 7.05 Å². The summed E-state index contributed by atoms with van der Waals surface area (Å²) in [6, 6.07) is 0.350. The van der Waals surface area contributed by atoms with Crippen LogP contribution in [0.15, 0.2) is 0 Å². The van der Waals surface area contributed by atoms with Crippen LogP contribution in [-0.2, 0) is 0 Å². The molecule has 4 heteroatoms. The molecule has 0 saturated heterocycles. The molecule has 0 aromatic rings. The van der Waals surface area contributed by atoms with E-state index in [9.17, 15) is 0 Å². The number of aliphatic hydroxyl groups excluding tert-OH is 1. The summed E-state index contributed by atoms with van der Waals surface area (Å²) in [6.07, 6.45) is 0. The Morgan fingerprint density at radius 2 is 2.07 bits per heavy atom. The maximum absolute atomic E-state index is 8.88. The van der Waals surface area contributed by atoms with Gasteiger partial charge in [-0.15, -0.1) is 0 Å². The van der Waals surface area contributed by atoms with Gasteiger partial charge in [-0.2, -0.15) is 0 Å². The van der Waals surface area contributed by atoms with Crippen LogP contribution in [0, 0.1) is 0 Å². The Bertz CT molecular complexity index is 150. The summed E-state index contributed by atoms with van der Waals surface area (Å²) in [5.41, 5.74) is 5.46. The van der Waals surface area contributed by atoms with Gasteiger partial charge in [0.1, 0.15) is 0 Å². The summed E-state index contributed by atoms with van der Waals surface area (Å²) in [6.45, 7) is 8.85. The Hall–Kier alpha value is -0.160. The van der Waals surface area contributed by atoms with E-state index in [0.29, 0.717) is 19.1 Å². The molecule has 0 aliphatic rings. The van der Waals surface area contributed by atoms with E-state index in [4.69, 9.17) is 10.8 Å². The lowest BCUT2D eigenvalue weighted by molar-refractivity contribution is 0.0932. The van der Waals surface area contributed by atoms with Crippen molar-refractivity contribution in [2.45, 2.75) is 32.4 Å². The molecule has 14 heavy (non-hydrogen) atoms. The Kier molecular flexibility index (Phi) is 6.27. The molecule has 0 spiro atoms. The van der Waals surface area contributed by atoms with Crippen LogP contribution in [0.4, 0.5) is 0 Å². The fourth-order valence-corrected chi connectivity index (χ4v) is 1.32. The van der Waals surface area contributed by atoms with Gasteiger partial charge in [-0.05, 0) is 27.8 Å². The van der Waals surface area contributed by atoms with Crippen LogP contribution >= 0.6 is 0 Å². The normalized spacial score (nSPS) is 14.8. The third-order valence-corrected chi connectivity index (χ3v) is 3.07. The van der Waals surface area contributed by atoms with Crippen LogP contribution in [0.2, 0.25) is 0 Å². The van der Waals surface area contributed by atoms with E-state index in [2.05, 4.69) is 31.0 Å². The molecule has 4 N–H and O–H groups in total. The van der Waals surface area contributed by atoms with E-state index >= 15 is 0 Å². The lowest BCUT2D eigenvalue weighted by Crippen LogP contribution is -2.56. The Labute approximate surface area is 87.5 Å². The highest BCUT2D eigenvalue weighted by Crippen LogP contribution is 2.16. The minimum Gasteiger partial charge on any atom is -0.395 e.